The Morgan fingerprint density at radius 2 is 1.00 bits per heavy atom. The molecule has 0 bridgehead atoms. The molecule has 0 amide bonds. The molecule has 0 fully saturated rings. The number of halogens is 9. The summed E-state index contributed by atoms with van der Waals surface area (Å²) < 4.78 is 107. The molecule has 0 aromatic heterocycles. The Balaban J connectivity index is 5.38. The van der Waals surface area contributed by atoms with Gasteiger partial charge in [-0.2, -0.15) is 39.5 Å². The monoisotopic (exact) mass is 284 g/mol. The fraction of sp³-hybridized carbons (Fsp3) is 1.00. The van der Waals surface area contributed by atoms with Crippen LogP contribution in [0.1, 0.15) is 0 Å². The second-order valence-electron chi connectivity index (χ2n) is 2.25. The first kappa shape index (κ1) is 15.1. The van der Waals surface area contributed by atoms with Crippen LogP contribution in [0.15, 0.2) is 0 Å². The van der Waals surface area contributed by atoms with Crippen LogP contribution in [0.5, 0.6) is 0 Å². The van der Waals surface area contributed by atoms with Crippen molar-refractivity contribution in [3.8, 4) is 0 Å². The van der Waals surface area contributed by atoms with E-state index in [2.05, 4.69) is 11.7 Å². The number of hydrogen-bond donors (Lipinski definition) is 1. The van der Waals surface area contributed by atoms with Crippen LogP contribution >= 0.6 is 22.5 Å². The molecule has 0 rings (SSSR count). The second-order valence-corrected chi connectivity index (χ2v) is 3.50. The third-order valence-corrected chi connectivity index (χ3v) is 2.40. The molecule has 15 heavy (non-hydrogen) atoms. The Bertz CT molecular complexity index is 231. The molecule has 0 radical (unpaired) electrons. The summed E-state index contributed by atoms with van der Waals surface area (Å²) in [5, 5.41) is -5.64. The second kappa shape index (κ2) is 3.82. The van der Waals surface area contributed by atoms with Gasteiger partial charge in [-0.15, -0.1) is 11.7 Å². The lowest BCUT2D eigenvalue weighted by Crippen LogP contribution is -2.59. The molecule has 0 spiro atoms. The highest BCUT2D eigenvalue weighted by atomic mass is 33.1. The predicted octanol–water partition coefficient (Wildman–Crippen LogP) is 3.99. The van der Waals surface area contributed by atoms with Gasteiger partial charge in [-0.1, -0.05) is 0 Å². The van der Waals surface area contributed by atoms with Gasteiger partial charge >= 0.3 is 23.3 Å². The van der Waals surface area contributed by atoms with E-state index in [1.54, 1.807) is 0 Å². The molecule has 0 aliphatic heterocycles. The van der Waals surface area contributed by atoms with E-state index in [9.17, 15) is 39.5 Å². The molecule has 0 nitrogen and oxygen atoms in total. The van der Waals surface area contributed by atoms with Gasteiger partial charge in [0.15, 0.2) is 0 Å². The zero-order valence-electron chi connectivity index (χ0n) is 6.26. The quantitative estimate of drug-likeness (QED) is 0.464. The molecular weight excluding hydrogens is 283 g/mol. The van der Waals surface area contributed by atoms with E-state index in [4.69, 9.17) is 0 Å². The lowest BCUT2D eigenvalue weighted by atomic mass is 10.1. The summed E-state index contributed by atoms with van der Waals surface area (Å²) in [6, 6.07) is 0. The third-order valence-electron chi connectivity index (χ3n) is 1.23. The zero-order valence-corrected chi connectivity index (χ0v) is 7.97. The van der Waals surface area contributed by atoms with Gasteiger partial charge in [0.25, 0.3) is 0 Å². The Labute approximate surface area is 86.0 Å². The van der Waals surface area contributed by atoms with E-state index in [1.165, 1.54) is 0 Å². The summed E-state index contributed by atoms with van der Waals surface area (Å²) in [5.41, 5.74) is 0. The zero-order chi connectivity index (χ0) is 12.7. The number of hydrogen-bond acceptors (Lipinski definition) is 2. The van der Waals surface area contributed by atoms with Crippen LogP contribution in [0.3, 0.4) is 0 Å². The maximum absolute atomic E-state index is 12.2. The smallest absolute Gasteiger partial charge is 0.191 e. The summed E-state index contributed by atoms with van der Waals surface area (Å²) in [6.07, 6.45) is -6.77. The van der Waals surface area contributed by atoms with Gasteiger partial charge in [0.2, 0.25) is 0 Å². The minimum atomic E-state index is -6.83. The molecule has 0 unspecified atom stereocenters. The summed E-state index contributed by atoms with van der Waals surface area (Å²) in [5.74, 6) is -13.4. The fourth-order valence-electron chi connectivity index (χ4n) is 0.418. The first-order chi connectivity index (χ1) is 6.31. The normalized spacial score (nSPS) is 15.6. The van der Waals surface area contributed by atoms with Crippen LogP contribution in [-0.2, 0) is 0 Å². The van der Waals surface area contributed by atoms with Crippen molar-refractivity contribution in [2.75, 3.05) is 0 Å². The number of alkyl halides is 9. The molecule has 0 aromatic rings. The van der Waals surface area contributed by atoms with E-state index >= 15 is 0 Å². The molecule has 0 saturated heterocycles. The van der Waals surface area contributed by atoms with Gasteiger partial charge in [0, 0.05) is 0 Å². The first-order valence-electron chi connectivity index (χ1n) is 2.84. The minimum absolute atomic E-state index is 1.39. The minimum Gasteiger partial charge on any atom is -0.191 e. The SMILES string of the molecule is FC(F)(F)C(F)(F)C(F)(F)C(F)(F)SS. The van der Waals surface area contributed by atoms with Crippen LogP contribution in [0.4, 0.5) is 39.5 Å². The Morgan fingerprint density at radius 3 is 1.20 bits per heavy atom. The van der Waals surface area contributed by atoms with E-state index in [0.29, 0.717) is 0 Å². The van der Waals surface area contributed by atoms with Crippen molar-refractivity contribution in [1.29, 1.82) is 0 Å². The highest BCUT2D eigenvalue weighted by Crippen LogP contribution is 2.57. The van der Waals surface area contributed by atoms with Crippen molar-refractivity contribution in [3.63, 3.8) is 0 Å². The summed E-state index contributed by atoms with van der Waals surface area (Å²) >= 11 is 2.51. The maximum atomic E-state index is 12.2. The van der Waals surface area contributed by atoms with Crippen LogP contribution < -0.4 is 0 Å². The van der Waals surface area contributed by atoms with Crippen LogP contribution in [0.2, 0.25) is 0 Å². The molecule has 0 saturated carbocycles. The topological polar surface area (TPSA) is 0 Å². The molecule has 0 atom stereocenters. The molecule has 11 heteroatoms. The highest BCUT2D eigenvalue weighted by molar-refractivity contribution is 8.69. The lowest BCUT2D eigenvalue weighted by molar-refractivity contribution is -0.380. The average molecular weight is 284 g/mol. The molecular formula is C4HF9S2. The standard InChI is InChI=1S/C4HF9S2/c5-1(6,3(9,10)11)2(7,8)4(12,13)15-14/h14H. The lowest BCUT2D eigenvalue weighted by Gasteiger charge is -2.32. The summed E-state index contributed by atoms with van der Waals surface area (Å²) in [6.45, 7) is 0. The molecule has 92 valence electrons. The third kappa shape index (κ3) is 2.27. The number of rotatable bonds is 3. The van der Waals surface area contributed by atoms with Gasteiger partial charge in [-0.05, 0) is 10.8 Å². The molecule has 0 aromatic carbocycles. The van der Waals surface area contributed by atoms with E-state index in [0.717, 1.165) is 0 Å². The molecule has 0 N–H and O–H groups in total. The van der Waals surface area contributed by atoms with Crippen molar-refractivity contribution in [3.05, 3.63) is 0 Å². The van der Waals surface area contributed by atoms with Crippen LogP contribution in [0, 0.1) is 0 Å². The van der Waals surface area contributed by atoms with Gasteiger partial charge in [0.1, 0.15) is 0 Å². The summed E-state index contributed by atoms with van der Waals surface area (Å²) in [7, 11) is -1.39. The van der Waals surface area contributed by atoms with Crippen LogP contribution in [0.25, 0.3) is 0 Å². The van der Waals surface area contributed by atoms with E-state index < -0.39 is 34.1 Å². The van der Waals surface area contributed by atoms with Crippen molar-refractivity contribution in [2.24, 2.45) is 0 Å². The maximum Gasteiger partial charge on any atom is 0.460 e. The van der Waals surface area contributed by atoms with E-state index in [1.807, 2.05) is 0 Å². The van der Waals surface area contributed by atoms with Gasteiger partial charge in [-0.25, -0.2) is 0 Å². The van der Waals surface area contributed by atoms with Crippen molar-refractivity contribution >= 4 is 22.5 Å². The fourth-order valence-corrected chi connectivity index (χ4v) is 1.00. The van der Waals surface area contributed by atoms with Gasteiger partial charge in [0.05, 0.1) is 0 Å². The first-order valence-corrected chi connectivity index (χ1v) is 4.71. The van der Waals surface area contributed by atoms with Crippen molar-refractivity contribution < 1.29 is 39.5 Å². The molecule has 0 aliphatic carbocycles. The predicted molar refractivity (Wildman–Crippen MR) is 37.5 cm³/mol. The molecule has 0 heterocycles. The van der Waals surface area contributed by atoms with E-state index in [-0.39, 0.29) is 0 Å². The van der Waals surface area contributed by atoms with Gasteiger partial charge in [-0.3, -0.25) is 0 Å². The van der Waals surface area contributed by atoms with Crippen molar-refractivity contribution in [2.45, 2.75) is 23.3 Å². The Morgan fingerprint density at radius 1 is 0.667 bits per heavy atom. The highest BCUT2D eigenvalue weighted by Gasteiger charge is 2.81. The average Bonchev–Trinajstić information content (AvgIpc) is 2.01. The van der Waals surface area contributed by atoms with Crippen molar-refractivity contribution in [1.82, 2.24) is 0 Å². The molecule has 0 aliphatic rings. The van der Waals surface area contributed by atoms with Gasteiger partial charge < -0.3 is 0 Å². The number of thiol groups is 1. The Hall–Kier alpha value is 0.0700. The van der Waals surface area contributed by atoms with Crippen LogP contribution in [-0.4, -0.2) is 23.3 Å². The Kier molecular flexibility index (Phi) is 3.84. The largest absolute Gasteiger partial charge is 0.460 e. The summed E-state index contributed by atoms with van der Waals surface area (Å²) in [4.78, 5) is 0.